The molecule has 0 aromatic heterocycles. The Morgan fingerprint density at radius 2 is 1.86 bits per heavy atom. The van der Waals surface area contributed by atoms with Crippen molar-refractivity contribution in [2.75, 3.05) is 18.5 Å². The zero-order valence-corrected chi connectivity index (χ0v) is 11.9. The van der Waals surface area contributed by atoms with Gasteiger partial charge in [0, 0.05) is 11.8 Å². The lowest BCUT2D eigenvalue weighted by molar-refractivity contribution is -0.140. The molecule has 1 aliphatic carbocycles. The summed E-state index contributed by atoms with van der Waals surface area (Å²) in [6, 6.07) is 5.14. The molecule has 112 valence electrons. The van der Waals surface area contributed by atoms with E-state index in [1.165, 1.54) is 0 Å². The minimum absolute atomic E-state index is 0.274. The van der Waals surface area contributed by atoms with Crippen LogP contribution < -0.4 is 14.8 Å². The average molecular weight is 291 g/mol. The highest BCUT2D eigenvalue weighted by Gasteiger charge is 2.65. The Morgan fingerprint density at radius 3 is 2.48 bits per heavy atom. The van der Waals surface area contributed by atoms with E-state index in [0.29, 0.717) is 30.4 Å². The third-order valence-electron chi connectivity index (χ3n) is 4.19. The van der Waals surface area contributed by atoms with Crippen molar-refractivity contribution in [2.24, 2.45) is 17.3 Å². The van der Waals surface area contributed by atoms with Crippen molar-refractivity contribution >= 4 is 17.6 Å². The Hall–Kier alpha value is -2.24. The highest BCUT2D eigenvalue weighted by Crippen LogP contribution is 2.58. The van der Waals surface area contributed by atoms with Crippen molar-refractivity contribution in [2.45, 2.75) is 13.8 Å². The number of amides is 1. The summed E-state index contributed by atoms with van der Waals surface area (Å²) in [6.45, 7) is 4.57. The molecule has 0 bridgehead atoms. The second-order valence-electron chi connectivity index (χ2n) is 5.96. The Balaban J connectivity index is 1.73. The van der Waals surface area contributed by atoms with Crippen LogP contribution >= 0.6 is 0 Å². The zero-order chi connectivity index (χ0) is 15.2. The van der Waals surface area contributed by atoms with Crippen LogP contribution in [0.3, 0.4) is 0 Å². The summed E-state index contributed by atoms with van der Waals surface area (Å²) < 4.78 is 10.9. The quantitative estimate of drug-likeness (QED) is 0.886. The largest absolute Gasteiger partial charge is 0.486 e. The maximum Gasteiger partial charge on any atom is 0.307 e. The van der Waals surface area contributed by atoms with E-state index in [4.69, 9.17) is 14.6 Å². The third-order valence-corrected chi connectivity index (χ3v) is 4.19. The maximum absolute atomic E-state index is 12.2. The lowest BCUT2D eigenvalue weighted by Crippen LogP contribution is -2.19. The molecule has 21 heavy (non-hydrogen) atoms. The minimum atomic E-state index is -0.928. The van der Waals surface area contributed by atoms with Gasteiger partial charge in [-0.2, -0.15) is 0 Å². The number of rotatable bonds is 3. The molecule has 2 atom stereocenters. The van der Waals surface area contributed by atoms with E-state index in [9.17, 15) is 9.59 Å². The number of hydrogen-bond donors (Lipinski definition) is 2. The van der Waals surface area contributed by atoms with Gasteiger partial charge in [-0.25, -0.2) is 0 Å². The Bertz CT molecular complexity index is 610. The summed E-state index contributed by atoms with van der Waals surface area (Å²) in [5.41, 5.74) is 0.0695. The lowest BCUT2D eigenvalue weighted by Gasteiger charge is -2.19. The van der Waals surface area contributed by atoms with Crippen LogP contribution in [0.1, 0.15) is 13.8 Å². The number of aliphatic carboxylic acids is 1. The summed E-state index contributed by atoms with van der Waals surface area (Å²) in [5.74, 6) is -1.11. The summed E-state index contributed by atoms with van der Waals surface area (Å²) in [7, 11) is 0. The topological polar surface area (TPSA) is 84.9 Å². The highest BCUT2D eigenvalue weighted by molar-refractivity contribution is 5.99. The van der Waals surface area contributed by atoms with Crippen molar-refractivity contribution < 1.29 is 24.2 Å². The van der Waals surface area contributed by atoms with E-state index in [-0.39, 0.29) is 5.91 Å². The van der Waals surface area contributed by atoms with Gasteiger partial charge in [-0.1, -0.05) is 13.8 Å². The van der Waals surface area contributed by atoms with Crippen LogP contribution in [0.25, 0.3) is 0 Å². The maximum atomic E-state index is 12.2. The van der Waals surface area contributed by atoms with Gasteiger partial charge in [-0.15, -0.1) is 0 Å². The number of hydrogen-bond acceptors (Lipinski definition) is 4. The summed E-state index contributed by atoms with van der Waals surface area (Å²) >= 11 is 0. The Kier molecular flexibility index (Phi) is 3.04. The fraction of sp³-hybridized carbons (Fsp3) is 0.467. The van der Waals surface area contributed by atoms with Gasteiger partial charge in [0.25, 0.3) is 0 Å². The molecule has 1 aromatic carbocycles. The van der Waals surface area contributed by atoms with Crippen LogP contribution in [-0.2, 0) is 9.59 Å². The van der Waals surface area contributed by atoms with Crippen molar-refractivity contribution in [3.05, 3.63) is 18.2 Å². The highest BCUT2D eigenvalue weighted by atomic mass is 16.6. The van der Waals surface area contributed by atoms with Crippen LogP contribution in [0.2, 0.25) is 0 Å². The van der Waals surface area contributed by atoms with E-state index in [1.54, 1.807) is 32.0 Å². The molecule has 1 aliphatic heterocycles. The smallest absolute Gasteiger partial charge is 0.307 e. The van der Waals surface area contributed by atoms with Gasteiger partial charge < -0.3 is 19.9 Å². The van der Waals surface area contributed by atoms with Gasteiger partial charge >= 0.3 is 5.97 Å². The van der Waals surface area contributed by atoms with Crippen LogP contribution in [0.15, 0.2) is 18.2 Å². The molecule has 6 nitrogen and oxygen atoms in total. The number of fused-ring (bicyclic) bond motifs is 1. The molecule has 0 unspecified atom stereocenters. The van der Waals surface area contributed by atoms with Crippen molar-refractivity contribution in [1.29, 1.82) is 0 Å². The number of carboxylic acid groups (broad SMARTS) is 1. The molecule has 1 fully saturated rings. The number of carbonyl (C=O) groups is 2. The summed E-state index contributed by atoms with van der Waals surface area (Å²) in [4.78, 5) is 23.3. The second-order valence-corrected chi connectivity index (χ2v) is 5.96. The van der Waals surface area contributed by atoms with E-state index >= 15 is 0 Å². The molecule has 1 saturated carbocycles. The lowest BCUT2D eigenvalue weighted by atomic mass is 10.1. The fourth-order valence-electron chi connectivity index (χ4n) is 2.93. The van der Waals surface area contributed by atoms with Crippen LogP contribution in [-0.4, -0.2) is 30.2 Å². The molecule has 1 aromatic rings. The molecular formula is C15H17NO5. The van der Waals surface area contributed by atoms with Crippen molar-refractivity contribution in [3.63, 3.8) is 0 Å². The number of carbonyl (C=O) groups excluding carboxylic acids is 1. The number of carboxylic acids is 1. The monoisotopic (exact) mass is 291 g/mol. The van der Waals surface area contributed by atoms with E-state index < -0.39 is 23.2 Å². The standard InChI is InChI=1S/C15H17NO5/c1-15(2)11(12(15)14(18)19)13(17)16-8-3-4-9-10(7-8)21-6-5-20-9/h3-4,7,11-12H,5-6H2,1-2H3,(H,16,17)(H,18,19)/t11-,12+/m1/s1. The molecule has 1 amide bonds. The molecule has 1 heterocycles. The predicted molar refractivity (Wildman–Crippen MR) is 74.5 cm³/mol. The molecule has 3 rings (SSSR count). The molecule has 6 heteroatoms. The van der Waals surface area contributed by atoms with Gasteiger partial charge in [0.1, 0.15) is 13.2 Å². The third kappa shape index (κ3) is 2.30. The van der Waals surface area contributed by atoms with Crippen LogP contribution in [0, 0.1) is 17.3 Å². The first-order chi connectivity index (χ1) is 9.91. The van der Waals surface area contributed by atoms with Gasteiger partial charge in [0.2, 0.25) is 5.91 Å². The first kappa shape index (κ1) is 13.7. The normalized spacial score (nSPS) is 25.0. The number of nitrogens with one attached hydrogen (secondary N) is 1. The zero-order valence-electron chi connectivity index (χ0n) is 11.9. The second kappa shape index (κ2) is 4.65. The van der Waals surface area contributed by atoms with Gasteiger partial charge in [-0.3, -0.25) is 9.59 Å². The predicted octanol–water partition coefficient (Wildman–Crippen LogP) is 1.75. The first-order valence-electron chi connectivity index (χ1n) is 6.84. The molecule has 2 aliphatic rings. The van der Waals surface area contributed by atoms with Crippen molar-refractivity contribution in [3.8, 4) is 11.5 Å². The van der Waals surface area contributed by atoms with E-state index in [1.807, 2.05) is 0 Å². The van der Waals surface area contributed by atoms with Gasteiger partial charge in [0.05, 0.1) is 11.8 Å². The number of benzene rings is 1. The Labute approximate surface area is 122 Å². The molecule has 0 saturated heterocycles. The first-order valence-corrected chi connectivity index (χ1v) is 6.84. The summed E-state index contributed by atoms with van der Waals surface area (Å²) in [6.07, 6.45) is 0. The van der Waals surface area contributed by atoms with E-state index in [0.717, 1.165) is 0 Å². The number of anilines is 1. The van der Waals surface area contributed by atoms with Gasteiger partial charge in [-0.05, 0) is 17.5 Å². The van der Waals surface area contributed by atoms with Crippen LogP contribution in [0.4, 0.5) is 5.69 Å². The SMILES string of the molecule is CC1(C)[C@H](C(=O)O)[C@@H]1C(=O)Nc1ccc2c(c1)OCCO2. The number of ether oxygens (including phenoxy) is 2. The fourth-order valence-corrected chi connectivity index (χ4v) is 2.93. The summed E-state index contributed by atoms with van der Waals surface area (Å²) in [5, 5.41) is 11.9. The Morgan fingerprint density at radius 1 is 1.19 bits per heavy atom. The molecule has 0 spiro atoms. The minimum Gasteiger partial charge on any atom is -0.486 e. The molecule has 2 N–H and O–H groups in total. The van der Waals surface area contributed by atoms with E-state index in [2.05, 4.69) is 5.32 Å². The van der Waals surface area contributed by atoms with Crippen molar-refractivity contribution in [1.82, 2.24) is 0 Å². The van der Waals surface area contributed by atoms with Gasteiger partial charge in [0.15, 0.2) is 11.5 Å². The molecular weight excluding hydrogens is 274 g/mol. The average Bonchev–Trinajstić information content (AvgIpc) is 3.02. The molecule has 0 radical (unpaired) electrons. The van der Waals surface area contributed by atoms with Crippen LogP contribution in [0.5, 0.6) is 11.5 Å².